The van der Waals surface area contributed by atoms with E-state index in [0.29, 0.717) is 0 Å². The summed E-state index contributed by atoms with van der Waals surface area (Å²) in [5.41, 5.74) is 0. The van der Waals surface area contributed by atoms with E-state index in [1.54, 1.807) is 0 Å². The molecule has 2 heterocycles. The summed E-state index contributed by atoms with van der Waals surface area (Å²) in [5, 5.41) is 29.0. The smallest absolute Gasteiger partial charge is 0.166 e. The standard InChI is InChI=1S/C13H24O5/c1-4-9-7(3)11(16)10-12(18-13(10)17-9)6(2)8(15)5-14/h6-16H,4-5H2,1-3H3. The molecule has 2 aliphatic heterocycles. The van der Waals surface area contributed by atoms with E-state index in [9.17, 15) is 10.2 Å². The van der Waals surface area contributed by atoms with Crippen molar-refractivity contribution in [2.75, 3.05) is 6.61 Å². The molecule has 2 aliphatic rings. The van der Waals surface area contributed by atoms with Gasteiger partial charge in [0.1, 0.15) is 0 Å². The van der Waals surface area contributed by atoms with Gasteiger partial charge in [-0.15, -0.1) is 0 Å². The highest BCUT2D eigenvalue weighted by Gasteiger charge is 2.56. The maximum Gasteiger partial charge on any atom is 0.166 e. The first kappa shape index (κ1) is 14.2. The zero-order valence-electron chi connectivity index (χ0n) is 11.2. The van der Waals surface area contributed by atoms with Gasteiger partial charge < -0.3 is 24.8 Å². The summed E-state index contributed by atoms with van der Waals surface area (Å²) in [6.45, 7) is 5.55. The Hall–Kier alpha value is -0.200. The van der Waals surface area contributed by atoms with E-state index in [2.05, 4.69) is 0 Å². The minimum absolute atomic E-state index is 0.0280. The van der Waals surface area contributed by atoms with Crippen molar-refractivity contribution in [3.8, 4) is 0 Å². The number of hydrogen-bond acceptors (Lipinski definition) is 5. The second-order valence-corrected chi connectivity index (χ2v) is 5.59. The summed E-state index contributed by atoms with van der Waals surface area (Å²) in [7, 11) is 0. The van der Waals surface area contributed by atoms with Gasteiger partial charge in [-0.2, -0.15) is 0 Å². The first-order chi connectivity index (χ1) is 8.51. The maximum absolute atomic E-state index is 10.3. The molecule has 18 heavy (non-hydrogen) atoms. The first-order valence-corrected chi connectivity index (χ1v) is 6.79. The van der Waals surface area contributed by atoms with E-state index in [1.165, 1.54) is 0 Å². The molecule has 0 aromatic carbocycles. The molecule has 2 rings (SSSR count). The fourth-order valence-electron chi connectivity index (χ4n) is 3.07. The molecule has 106 valence electrons. The molecule has 8 atom stereocenters. The molecule has 8 unspecified atom stereocenters. The average Bonchev–Trinajstić information content (AvgIpc) is 2.34. The molecule has 2 fully saturated rings. The van der Waals surface area contributed by atoms with Gasteiger partial charge in [0.15, 0.2) is 6.29 Å². The van der Waals surface area contributed by atoms with Crippen LogP contribution < -0.4 is 0 Å². The molecule has 0 radical (unpaired) electrons. The Balaban J connectivity index is 2.02. The van der Waals surface area contributed by atoms with E-state index < -0.39 is 12.2 Å². The fraction of sp³-hybridized carbons (Fsp3) is 1.00. The van der Waals surface area contributed by atoms with Gasteiger partial charge in [-0.25, -0.2) is 0 Å². The topological polar surface area (TPSA) is 79.2 Å². The lowest BCUT2D eigenvalue weighted by molar-refractivity contribution is -0.382. The molecule has 0 spiro atoms. The van der Waals surface area contributed by atoms with E-state index in [0.717, 1.165) is 6.42 Å². The monoisotopic (exact) mass is 260 g/mol. The van der Waals surface area contributed by atoms with Crippen molar-refractivity contribution in [2.45, 2.75) is 57.9 Å². The predicted octanol–water partition coefficient (Wildman–Crippen LogP) is 0.123. The van der Waals surface area contributed by atoms with Gasteiger partial charge in [-0.3, -0.25) is 0 Å². The minimum atomic E-state index is -0.817. The van der Waals surface area contributed by atoms with Crippen LogP contribution in [-0.2, 0) is 9.47 Å². The number of aliphatic hydroxyl groups is 3. The molecule has 0 aromatic rings. The summed E-state index contributed by atoms with van der Waals surface area (Å²) in [6.07, 6.45) is -1.01. The van der Waals surface area contributed by atoms with Crippen molar-refractivity contribution >= 4 is 0 Å². The quantitative estimate of drug-likeness (QED) is 0.669. The first-order valence-electron chi connectivity index (χ1n) is 6.79. The van der Waals surface area contributed by atoms with Crippen LogP contribution in [0.2, 0.25) is 0 Å². The highest BCUT2D eigenvalue weighted by molar-refractivity contribution is 4.99. The van der Waals surface area contributed by atoms with Crippen LogP contribution in [0.15, 0.2) is 0 Å². The lowest BCUT2D eigenvalue weighted by atomic mass is 9.73. The van der Waals surface area contributed by atoms with Gasteiger partial charge in [-0.05, 0) is 6.42 Å². The molecule has 5 heteroatoms. The average molecular weight is 260 g/mol. The van der Waals surface area contributed by atoms with Crippen molar-refractivity contribution in [1.82, 2.24) is 0 Å². The van der Waals surface area contributed by atoms with E-state index >= 15 is 0 Å². The van der Waals surface area contributed by atoms with Crippen LogP contribution in [0, 0.1) is 17.8 Å². The van der Waals surface area contributed by atoms with Gasteiger partial charge in [0.2, 0.25) is 0 Å². The summed E-state index contributed by atoms with van der Waals surface area (Å²) in [5.74, 6) is -0.236. The highest BCUT2D eigenvalue weighted by Crippen LogP contribution is 2.45. The largest absolute Gasteiger partial charge is 0.394 e. The lowest BCUT2D eigenvalue weighted by Crippen LogP contribution is -2.66. The third-order valence-corrected chi connectivity index (χ3v) is 4.53. The van der Waals surface area contributed by atoms with Crippen LogP contribution in [0.25, 0.3) is 0 Å². The highest BCUT2D eigenvalue weighted by atomic mass is 16.7. The second kappa shape index (κ2) is 5.43. The Morgan fingerprint density at radius 3 is 2.50 bits per heavy atom. The predicted molar refractivity (Wildman–Crippen MR) is 64.7 cm³/mol. The number of aliphatic hydroxyl groups excluding tert-OH is 3. The molecule has 0 saturated carbocycles. The third-order valence-electron chi connectivity index (χ3n) is 4.53. The summed E-state index contributed by atoms with van der Waals surface area (Å²) >= 11 is 0. The number of fused-ring (bicyclic) bond motifs is 1. The van der Waals surface area contributed by atoms with Gasteiger partial charge in [0, 0.05) is 11.8 Å². The Labute approximate surface area is 108 Å². The van der Waals surface area contributed by atoms with Crippen LogP contribution in [0.4, 0.5) is 0 Å². The molecule has 3 N–H and O–H groups in total. The fourth-order valence-corrected chi connectivity index (χ4v) is 3.07. The van der Waals surface area contributed by atoms with E-state index in [4.69, 9.17) is 14.6 Å². The van der Waals surface area contributed by atoms with Crippen molar-refractivity contribution in [1.29, 1.82) is 0 Å². The van der Waals surface area contributed by atoms with Gasteiger partial charge in [0.25, 0.3) is 0 Å². The molecule has 0 amide bonds. The van der Waals surface area contributed by atoms with Crippen LogP contribution >= 0.6 is 0 Å². The van der Waals surface area contributed by atoms with E-state index in [1.807, 2.05) is 20.8 Å². The van der Waals surface area contributed by atoms with Gasteiger partial charge in [-0.1, -0.05) is 20.8 Å². The molecular weight excluding hydrogens is 236 g/mol. The van der Waals surface area contributed by atoms with Gasteiger partial charge in [0.05, 0.1) is 36.9 Å². The Morgan fingerprint density at radius 1 is 1.28 bits per heavy atom. The Morgan fingerprint density at radius 2 is 1.94 bits per heavy atom. The number of ether oxygens (including phenoxy) is 2. The summed E-state index contributed by atoms with van der Waals surface area (Å²) in [6, 6.07) is 0. The van der Waals surface area contributed by atoms with Crippen LogP contribution in [0.1, 0.15) is 27.2 Å². The Kier molecular flexibility index (Phi) is 4.29. The Bertz CT molecular complexity index is 285. The second-order valence-electron chi connectivity index (χ2n) is 5.59. The molecule has 0 bridgehead atoms. The molecule has 5 nitrogen and oxygen atoms in total. The van der Waals surface area contributed by atoms with Crippen LogP contribution in [0.3, 0.4) is 0 Å². The normalized spacial score (nSPS) is 47.0. The zero-order chi connectivity index (χ0) is 13.4. The molecule has 0 aromatic heterocycles. The molecule has 2 saturated heterocycles. The minimum Gasteiger partial charge on any atom is -0.394 e. The van der Waals surface area contributed by atoms with Crippen molar-refractivity contribution < 1.29 is 24.8 Å². The number of hydrogen-bond donors (Lipinski definition) is 3. The third kappa shape index (κ3) is 2.18. The maximum atomic E-state index is 10.3. The molecular formula is C13H24O5. The molecule has 0 aliphatic carbocycles. The SMILES string of the molecule is CCC1OC2OC(C(C)C(O)CO)C2C(O)C1C. The summed E-state index contributed by atoms with van der Waals surface area (Å²) < 4.78 is 11.4. The summed E-state index contributed by atoms with van der Waals surface area (Å²) in [4.78, 5) is 0. The van der Waals surface area contributed by atoms with Crippen LogP contribution in [-0.4, -0.2) is 52.6 Å². The van der Waals surface area contributed by atoms with Crippen LogP contribution in [0.5, 0.6) is 0 Å². The van der Waals surface area contributed by atoms with Crippen molar-refractivity contribution in [3.05, 3.63) is 0 Å². The lowest BCUT2D eigenvalue weighted by Gasteiger charge is -2.55. The number of rotatable bonds is 4. The van der Waals surface area contributed by atoms with Crippen molar-refractivity contribution in [2.24, 2.45) is 17.8 Å². The van der Waals surface area contributed by atoms with E-state index in [-0.39, 0.29) is 42.9 Å². The zero-order valence-corrected chi connectivity index (χ0v) is 11.2. The van der Waals surface area contributed by atoms with Crippen molar-refractivity contribution in [3.63, 3.8) is 0 Å². The van der Waals surface area contributed by atoms with Gasteiger partial charge >= 0.3 is 0 Å².